The largest absolute Gasteiger partial charge is 0.444 e. The van der Waals surface area contributed by atoms with E-state index in [1.807, 2.05) is 48.5 Å². The Morgan fingerprint density at radius 3 is 2.14 bits per heavy atom. The molecule has 1 heterocycles. The van der Waals surface area contributed by atoms with Crippen molar-refractivity contribution in [2.24, 2.45) is 0 Å². The normalized spacial score (nSPS) is 13.8. The molecule has 0 radical (unpaired) electrons. The fourth-order valence-electron chi connectivity index (χ4n) is 3.97. The van der Waals surface area contributed by atoms with E-state index in [0.717, 1.165) is 11.1 Å². The molecule has 36 heavy (non-hydrogen) atoms. The number of para-hydroxylation sites is 2. The molecule has 186 valence electrons. The van der Waals surface area contributed by atoms with E-state index < -0.39 is 11.7 Å². The third-order valence-corrected chi connectivity index (χ3v) is 5.62. The number of carbonyl (C=O) groups is 3. The van der Waals surface area contributed by atoms with Crippen LogP contribution in [-0.2, 0) is 27.4 Å². The Balaban J connectivity index is 1.58. The van der Waals surface area contributed by atoms with E-state index >= 15 is 0 Å². The maximum absolute atomic E-state index is 13.3. The summed E-state index contributed by atoms with van der Waals surface area (Å²) in [6.45, 7) is 6.02. The number of ether oxygens (including phenoxy) is 1. The number of nitrogens with two attached hydrogens (primary N) is 1. The standard InChI is InChI=1S/C28H30N4O4/c1-28(2,3)36-27(35)30-17-19-10-14-22(15-11-19)32-24-7-5-4-6-23(24)31(25(33)16-26(32)34)18-20-8-12-21(29)13-9-20/h4-15H,16-18,29H2,1-3H3,(H,30,35). The molecule has 3 aromatic rings. The monoisotopic (exact) mass is 486 g/mol. The predicted octanol–water partition coefficient (Wildman–Crippen LogP) is 4.90. The van der Waals surface area contributed by atoms with Gasteiger partial charge in [-0.05, 0) is 68.3 Å². The molecule has 0 atom stereocenters. The molecule has 0 aromatic heterocycles. The van der Waals surface area contributed by atoms with Gasteiger partial charge < -0.3 is 20.7 Å². The summed E-state index contributed by atoms with van der Waals surface area (Å²) >= 11 is 0. The highest BCUT2D eigenvalue weighted by molar-refractivity contribution is 6.18. The number of hydrogen-bond acceptors (Lipinski definition) is 5. The Morgan fingerprint density at radius 2 is 1.50 bits per heavy atom. The van der Waals surface area contributed by atoms with E-state index in [-0.39, 0.29) is 24.8 Å². The fraction of sp³-hybridized carbons (Fsp3) is 0.250. The van der Waals surface area contributed by atoms with E-state index in [1.165, 1.54) is 0 Å². The molecule has 1 aliphatic rings. The minimum absolute atomic E-state index is 0.258. The molecule has 0 fully saturated rings. The molecule has 3 amide bonds. The highest BCUT2D eigenvalue weighted by Gasteiger charge is 2.32. The first kappa shape index (κ1) is 24.8. The number of nitrogens with one attached hydrogen (secondary N) is 1. The van der Waals surface area contributed by atoms with Gasteiger partial charge in [0.25, 0.3) is 0 Å². The first-order valence-corrected chi connectivity index (χ1v) is 11.7. The van der Waals surface area contributed by atoms with Crippen molar-refractivity contribution >= 4 is 40.7 Å². The molecule has 4 rings (SSSR count). The van der Waals surface area contributed by atoms with Gasteiger partial charge in [0.2, 0.25) is 11.8 Å². The number of fused-ring (bicyclic) bond motifs is 1. The van der Waals surface area contributed by atoms with E-state index in [9.17, 15) is 14.4 Å². The average molecular weight is 487 g/mol. The van der Waals surface area contributed by atoms with Crippen molar-refractivity contribution in [2.75, 3.05) is 15.5 Å². The van der Waals surface area contributed by atoms with Crippen LogP contribution in [0.2, 0.25) is 0 Å². The number of benzene rings is 3. The Kier molecular flexibility index (Phi) is 6.96. The van der Waals surface area contributed by atoms with Gasteiger partial charge in [0.1, 0.15) is 12.0 Å². The molecule has 8 nitrogen and oxygen atoms in total. The lowest BCUT2D eigenvalue weighted by Gasteiger charge is -2.26. The number of carbonyl (C=O) groups excluding carboxylic acids is 3. The number of hydrogen-bond donors (Lipinski definition) is 2. The average Bonchev–Trinajstić information content (AvgIpc) is 2.92. The minimum atomic E-state index is -0.576. The van der Waals surface area contributed by atoms with Crippen molar-refractivity contribution in [1.82, 2.24) is 5.32 Å². The van der Waals surface area contributed by atoms with E-state index in [0.29, 0.717) is 29.3 Å². The van der Waals surface area contributed by atoms with Gasteiger partial charge in [-0.25, -0.2) is 4.79 Å². The third kappa shape index (κ3) is 5.83. The summed E-state index contributed by atoms with van der Waals surface area (Å²) in [4.78, 5) is 41.5. The van der Waals surface area contributed by atoms with Crippen LogP contribution >= 0.6 is 0 Å². The maximum Gasteiger partial charge on any atom is 0.407 e. The van der Waals surface area contributed by atoms with Crippen molar-refractivity contribution in [1.29, 1.82) is 0 Å². The molecule has 0 aliphatic carbocycles. The van der Waals surface area contributed by atoms with Gasteiger partial charge in [-0.15, -0.1) is 0 Å². The molecule has 0 unspecified atom stereocenters. The minimum Gasteiger partial charge on any atom is -0.444 e. The lowest BCUT2D eigenvalue weighted by atomic mass is 10.1. The van der Waals surface area contributed by atoms with Crippen LogP contribution in [0.1, 0.15) is 38.3 Å². The maximum atomic E-state index is 13.3. The smallest absolute Gasteiger partial charge is 0.407 e. The summed E-state index contributed by atoms with van der Waals surface area (Å²) in [5.41, 5.74) is 9.55. The topological polar surface area (TPSA) is 105 Å². The SMILES string of the molecule is CC(C)(C)OC(=O)NCc1ccc(N2C(=O)CC(=O)N(Cc3ccc(N)cc3)c3ccccc32)cc1. The Morgan fingerprint density at radius 1 is 0.889 bits per heavy atom. The Bertz CT molecular complexity index is 1260. The van der Waals surface area contributed by atoms with Gasteiger partial charge in [0.05, 0.1) is 17.9 Å². The lowest BCUT2D eigenvalue weighted by molar-refractivity contribution is -0.125. The number of nitrogens with zero attached hydrogens (tertiary/aromatic N) is 2. The Hall–Kier alpha value is -4.33. The first-order chi connectivity index (χ1) is 17.1. The number of alkyl carbamates (subject to hydrolysis) is 1. The van der Waals surface area contributed by atoms with Crippen LogP contribution in [0, 0.1) is 0 Å². The molecule has 1 aliphatic heterocycles. The highest BCUT2D eigenvalue weighted by Crippen LogP contribution is 2.38. The predicted molar refractivity (Wildman–Crippen MR) is 140 cm³/mol. The number of rotatable bonds is 5. The second-order valence-corrected chi connectivity index (χ2v) is 9.64. The van der Waals surface area contributed by atoms with E-state index in [2.05, 4.69) is 5.32 Å². The van der Waals surface area contributed by atoms with Crippen LogP contribution in [0.5, 0.6) is 0 Å². The molecule has 3 N–H and O–H groups in total. The quantitative estimate of drug-likeness (QED) is 0.394. The first-order valence-electron chi connectivity index (χ1n) is 11.7. The van der Waals surface area contributed by atoms with Crippen molar-refractivity contribution in [2.45, 2.75) is 45.9 Å². The second-order valence-electron chi connectivity index (χ2n) is 9.64. The van der Waals surface area contributed by atoms with Crippen molar-refractivity contribution in [3.63, 3.8) is 0 Å². The van der Waals surface area contributed by atoms with Crippen LogP contribution in [-0.4, -0.2) is 23.5 Å². The van der Waals surface area contributed by atoms with Crippen molar-refractivity contribution < 1.29 is 19.1 Å². The van der Waals surface area contributed by atoms with Gasteiger partial charge in [-0.3, -0.25) is 14.5 Å². The summed E-state index contributed by atoms with van der Waals surface area (Å²) in [5.74, 6) is -0.586. The van der Waals surface area contributed by atoms with Crippen LogP contribution in [0.25, 0.3) is 0 Å². The summed E-state index contributed by atoms with van der Waals surface area (Å²) in [7, 11) is 0. The van der Waals surface area contributed by atoms with Crippen molar-refractivity contribution in [3.8, 4) is 0 Å². The van der Waals surface area contributed by atoms with Crippen LogP contribution in [0.4, 0.5) is 27.5 Å². The number of amides is 3. The van der Waals surface area contributed by atoms with Gasteiger partial charge in [-0.1, -0.05) is 36.4 Å². The zero-order valence-electron chi connectivity index (χ0n) is 20.7. The summed E-state index contributed by atoms with van der Waals surface area (Å²) in [5, 5.41) is 2.73. The summed E-state index contributed by atoms with van der Waals surface area (Å²) in [6, 6.07) is 22.0. The third-order valence-electron chi connectivity index (χ3n) is 5.62. The summed E-state index contributed by atoms with van der Waals surface area (Å²) in [6.07, 6.45) is -0.756. The van der Waals surface area contributed by atoms with E-state index in [4.69, 9.17) is 10.5 Å². The molecule has 0 bridgehead atoms. The van der Waals surface area contributed by atoms with Crippen LogP contribution < -0.4 is 20.9 Å². The molecule has 8 heteroatoms. The molecule has 0 saturated carbocycles. The van der Waals surface area contributed by atoms with Crippen LogP contribution in [0.15, 0.2) is 72.8 Å². The molecular weight excluding hydrogens is 456 g/mol. The number of nitrogen functional groups attached to an aromatic ring is 1. The molecule has 0 spiro atoms. The van der Waals surface area contributed by atoms with Gasteiger partial charge >= 0.3 is 6.09 Å². The van der Waals surface area contributed by atoms with Gasteiger partial charge in [0.15, 0.2) is 0 Å². The highest BCUT2D eigenvalue weighted by atomic mass is 16.6. The van der Waals surface area contributed by atoms with E-state index in [1.54, 1.807) is 54.8 Å². The Labute approximate surface area is 210 Å². The molecular formula is C28H30N4O4. The van der Waals surface area contributed by atoms with Crippen molar-refractivity contribution in [3.05, 3.63) is 83.9 Å². The van der Waals surface area contributed by atoms with Gasteiger partial charge in [-0.2, -0.15) is 0 Å². The summed E-state index contributed by atoms with van der Waals surface area (Å²) < 4.78 is 5.27. The number of anilines is 4. The van der Waals surface area contributed by atoms with Crippen LogP contribution in [0.3, 0.4) is 0 Å². The lowest BCUT2D eigenvalue weighted by Crippen LogP contribution is -2.32. The zero-order chi connectivity index (χ0) is 25.9. The fourth-order valence-corrected chi connectivity index (χ4v) is 3.97. The molecule has 0 saturated heterocycles. The molecule has 3 aromatic carbocycles. The second kappa shape index (κ2) is 10.1. The zero-order valence-corrected chi connectivity index (χ0v) is 20.7. The van der Waals surface area contributed by atoms with Gasteiger partial charge in [0, 0.05) is 17.9 Å².